The molecule has 0 bridgehead atoms. The molecule has 106 valence electrons. The lowest BCUT2D eigenvalue weighted by molar-refractivity contribution is 0.457. The summed E-state index contributed by atoms with van der Waals surface area (Å²) in [4.78, 5) is 8.67. The second-order valence-electron chi connectivity index (χ2n) is 4.40. The number of anilines is 1. The van der Waals surface area contributed by atoms with Gasteiger partial charge in [0.1, 0.15) is 23.2 Å². The third-order valence-electron chi connectivity index (χ3n) is 2.77. The Morgan fingerprint density at radius 2 is 2.00 bits per heavy atom. The molecule has 1 aromatic carbocycles. The molecule has 1 heterocycles. The molecule has 1 aromatic heterocycles. The molecule has 0 spiro atoms. The number of hydrogen-bond donors (Lipinski definition) is 1. The minimum Gasteiger partial charge on any atom is -0.439 e. The zero-order valence-electron chi connectivity index (χ0n) is 11.9. The van der Waals surface area contributed by atoms with E-state index in [1.165, 1.54) is 6.07 Å². The third-order valence-corrected chi connectivity index (χ3v) is 2.77. The van der Waals surface area contributed by atoms with E-state index in [0.29, 0.717) is 23.0 Å². The van der Waals surface area contributed by atoms with Gasteiger partial charge in [0.25, 0.3) is 0 Å². The van der Waals surface area contributed by atoms with Crippen molar-refractivity contribution in [2.75, 3.05) is 11.9 Å². The summed E-state index contributed by atoms with van der Waals surface area (Å²) in [6.07, 6.45) is 0.720. The van der Waals surface area contributed by atoms with Crippen LogP contribution in [0.25, 0.3) is 0 Å². The first-order valence-electron chi connectivity index (χ1n) is 6.68. The van der Waals surface area contributed by atoms with Crippen LogP contribution in [0.5, 0.6) is 11.6 Å². The van der Waals surface area contributed by atoms with Gasteiger partial charge in [-0.1, -0.05) is 6.92 Å². The lowest BCUT2D eigenvalue weighted by atomic mass is 10.2. The Hall–Kier alpha value is -2.17. The van der Waals surface area contributed by atoms with Gasteiger partial charge in [-0.15, -0.1) is 0 Å². The summed E-state index contributed by atoms with van der Waals surface area (Å²) >= 11 is 0. The molecule has 0 saturated heterocycles. The maximum atomic E-state index is 13.2. The number of ether oxygens (including phenoxy) is 1. The van der Waals surface area contributed by atoms with Crippen LogP contribution in [0.3, 0.4) is 0 Å². The van der Waals surface area contributed by atoms with Crippen LogP contribution < -0.4 is 10.1 Å². The Morgan fingerprint density at radius 1 is 1.20 bits per heavy atom. The number of aryl methyl sites for hydroxylation is 2. The molecule has 2 aromatic rings. The van der Waals surface area contributed by atoms with E-state index in [0.717, 1.165) is 18.8 Å². The van der Waals surface area contributed by atoms with Gasteiger partial charge in [0.05, 0.1) is 0 Å². The van der Waals surface area contributed by atoms with Crippen LogP contribution in [0.4, 0.5) is 10.2 Å². The number of aromatic nitrogens is 2. The van der Waals surface area contributed by atoms with E-state index in [2.05, 4.69) is 15.3 Å². The van der Waals surface area contributed by atoms with Crippen molar-refractivity contribution in [1.29, 1.82) is 0 Å². The fourth-order valence-corrected chi connectivity index (χ4v) is 1.76. The number of hydrogen-bond acceptors (Lipinski definition) is 4. The van der Waals surface area contributed by atoms with Crippen molar-refractivity contribution < 1.29 is 9.13 Å². The lowest BCUT2D eigenvalue weighted by Crippen LogP contribution is -2.04. The van der Waals surface area contributed by atoms with Gasteiger partial charge in [0.15, 0.2) is 0 Å². The lowest BCUT2D eigenvalue weighted by Gasteiger charge is -2.09. The molecule has 4 nitrogen and oxygen atoms in total. The maximum absolute atomic E-state index is 13.2. The largest absolute Gasteiger partial charge is 0.439 e. The minimum absolute atomic E-state index is 0.248. The second-order valence-corrected chi connectivity index (χ2v) is 4.40. The maximum Gasteiger partial charge on any atom is 0.224 e. The van der Waals surface area contributed by atoms with Crippen molar-refractivity contribution in [1.82, 2.24) is 9.97 Å². The Labute approximate surface area is 118 Å². The molecule has 0 aliphatic carbocycles. The molecule has 20 heavy (non-hydrogen) atoms. The highest BCUT2D eigenvalue weighted by Gasteiger charge is 2.06. The Kier molecular flexibility index (Phi) is 4.50. The van der Waals surface area contributed by atoms with Crippen molar-refractivity contribution in [3.05, 3.63) is 41.5 Å². The summed E-state index contributed by atoms with van der Waals surface area (Å²) in [5.74, 6) is 2.21. The van der Waals surface area contributed by atoms with Crippen molar-refractivity contribution in [3.8, 4) is 11.6 Å². The van der Waals surface area contributed by atoms with E-state index in [-0.39, 0.29) is 5.82 Å². The Balaban J connectivity index is 2.27. The zero-order valence-corrected chi connectivity index (χ0v) is 11.9. The average Bonchev–Trinajstić information content (AvgIpc) is 2.43. The molecular formula is C15H18FN3O. The molecule has 0 unspecified atom stereocenters. The fourth-order valence-electron chi connectivity index (χ4n) is 1.76. The Bertz CT molecular complexity index is 602. The van der Waals surface area contributed by atoms with E-state index in [1.807, 2.05) is 13.8 Å². The highest BCUT2D eigenvalue weighted by Crippen LogP contribution is 2.23. The molecule has 0 fully saturated rings. The summed E-state index contributed by atoms with van der Waals surface area (Å²) in [5.41, 5.74) is 0.541. The molecule has 2 rings (SSSR count). The van der Waals surface area contributed by atoms with Crippen LogP contribution in [0, 0.1) is 12.7 Å². The summed E-state index contributed by atoms with van der Waals surface area (Å²) in [6.45, 7) is 6.45. The van der Waals surface area contributed by atoms with Crippen molar-refractivity contribution in [3.63, 3.8) is 0 Å². The monoisotopic (exact) mass is 275 g/mol. The fraction of sp³-hybridized carbons (Fsp3) is 0.333. The van der Waals surface area contributed by atoms with Gasteiger partial charge in [-0.05, 0) is 37.6 Å². The van der Waals surface area contributed by atoms with Crippen LogP contribution in [-0.2, 0) is 6.42 Å². The molecule has 5 heteroatoms. The van der Waals surface area contributed by atoms with Crippen molar-refractivity contribution in [2.45, 2.75) is 27.2 Å². The number of nitrogens with zero attached hydrogens (tertiary/aromatic N) is 2. The van der Waals surface area contributed by atoms with E-state index in [9.17, 15) is 4.39 Å². The molecule has 0 radical (unpaired) electrons. The number of halogens is 1. The van der Waals surface area contributed by atoms with Gasteiger partial charge in [-0.25, -0.2) is 9.37 Å². The van der Waals surface area contributed by atoms with Gasteiger partial charge in [-0.3, -0.25) is 0 Å². The molecule has 1 N–H and O–H groups in total. The van der Waals surface area contributed by atoms with Crippen LogP contribution in [-0.4, -0.2) is 16.5 Å². The van der Waals surface area contributed by atoms with Crippen LogP contribution in [0.2, 0.25) is 0 Å². The highest BCUT2D eigenvalue weighted by molar-refractivity contribution is 5.40. The Morgan fingerprint density at radius 3 is 2.65 bits per heavy atom. The zero-order chi connectivity index (χ0) is 14.5. The quantitative estimate of drug-likeness (QED) is 0.903. The van der Waals surface area contributed by atoms with E-state index >= 15 is 0 Å². The predicted octanol–water partition coefficient (Wildman–Crippen LogP) is 3.71. The summed E-state index contributed by atoms with van der Waals surface area (Å²) in [6, 6.07) is 6.36. The molecule has 0 atom stereocenters. The van der Waals surface area contributed by atoms with Gasteiger partial charge in [0.2, 0.25) is 5.88 Å². The normalized spacial score (nSPS) is 10.4. The standard InChI is InChI=1S/C15H18FN3O/c1-4-13-18-14(17-5-2)9-15(19-13)20-11-6-7-12(16)10(3)8-11/h6-9H,4-5H2,1-3H3,(H,17,18,19). The number of rotatable bonds is 5. The second kappa shape index (κ2) is 6.32. The molecule has 0 aliphatic rings. The first-order chi connectivity index (χ1) is 9.62. The van der Waals surface area contributed by atoms with Gasteiger partial charge >= 0.3 is 0 Å². The van der Waals surface area contributed by atoms with E-state index in [4.69, 9.17) is 4.74 Å². The highest BCUT2D eigenvalue weighted by atomic mass is 19.1. The molecule has 0 amide bonds. The average molecular weight is 275 g/mol. The first-order valence-corrected chi connectivity index (χ1v) is 6.68. The molecule has 0 saturated carbocycles. The predicted molar refractivity (Wildman–Crippen MR) is 76.8 cm³/mol. The molecule has 0 aliphatic heterocycles. The first kappa shape index (κ1) is 14.2. The third kappa shape index (κ3) is 3.44. The van der Waals surface area contributed by atoms with Crippen LogP contribution in [0.15, 0.2) is 24.3 Å². The van der Waals surface area contributed by atoms with E-state index < -0.39 is 0 Å². The van der Waals surface area contributed by atoms with Gasteiger partial charge in [0, 0.05) is 19.0 Å². The van der Waals surface area contributed by atoms with Gasteiger partial charge in [-0.2, -0.15) is 4.98 Å². The summed E-state index contributed by atoms with van der Waals surface area (Å²) < 4.78 is 18.9. The summed E-state index contributed by atoms with van der Waals surface area (Å²) in [5, 5.41) is 3.14. The van der Waals surface area contributed by atoms with Crippen LogP contribution in [0.1, 0.15) is 25.2 Å². The number of nitrogens with one attached hydrogen (secondary N) is 1. The minimum atomic E-state index is -0.248. The summed E-state index contributed by atoms with van der Waals surface area (Å²) in [7, 11) is 0. The topological polar surface area (TPSA) is 47.0 Å². The van der Waals surface area contributed by atoms with E-state index in [1.54, 1.807) is 25.1 Å². The van der Waals surface area contributed by atoms with Crippen LogP contribution >= 0.6 is 0 Å². The van der Waals surface area contributed by atoms with Crippen molar-refractivity contribution >= 4 is 5.82 Å². The smallest absolute Gasteiger partial charge is 0.224 e. The molecular weight excluding hydrogens is 257 g/mol. The SMILES string of the molecule is CCNc1cc(Oc2ccc(F)c(C)c2)nc(CC)n1. The number of benzene rings is 1. The van der Waals surface area contributed by atoms with Gasteiger partial charge < -0.3 is 10.1 Å². The van der Waals surface area contributed by atoms with Crippen molar-refractivity contribution in [2.24, 2.45) is 0 Å².